The molecule has 0 aliphatic heterocycles. The molecule has 0 N–H and O–H groups in total. The van der Waals surface area contributed by atoms with E-state index in [0.29, 0.717) is 0 Å². The zero-order chi connectivity index (χ0) is 14.3. The van der Waals surface area contributed by atoms with E-state index in [-0.39, 0.29) is 18.4 Å². The van der Waals surface area contributed by atoms with Gasteiger partial charge in [-0.3, -0.25) is 9.59 Å². The molecular weight excluding hydrogens is 244 g/mol. The van der Waals surface area contributed by atoms with Gasteiger partial charge in [-0.15, -0.1) is 0 Å². The predicted octanol–water partition coefficient (Wildman–Crippen LogP) is 3.14. The summed E-state index contributed by atoms with van der Waals surface area (Å²) in [6, 6.07) is 3.67. The number of rotatable bonds is 2. The first kappa shape index (κ1) is 15.2. The maximum atomic E-state index is 11.8. The molecule has 1 heterocycles. The minimum Gasteiger partial charge on any atom is -0.473 e. The van der Waals surface area contributed by atoms with Gasteiger partial charge in [0.05, 0.1) is 17.9 Å². The highest BCUT2D eigenvalue weighted by Gasteiger charge is 2.36. The van der Waals surface area contributed by atoms with E-state index < -0.39 is 5.41 Å². The van der Waals surface area contributed by atoms with Crippen LogP contribution in [0.1, 0.15) is 33.6 Å². The topological polar surface area (TPSA) is 56.5 Å². The number of ketones is 1. The monoisotopic (exact) mass is 264 g/mol. The van der Waals surface area contributed by atoms with Crippen LogP contribution >= 0.6 is 0 Å². The SMILES string of the molecule is CC(=O)OC[C@]1(C)CCC=C(C)C1=O.c1ccoc1. The Bertz CT molecular complexity index is 428. The average Bonchev–Trinajstić information content (AvgIpc) is 2.93. The van der Waals surface area contributed by atoms with Gasteiger partial charge < -0.3 is 9.15 Å². The lowest BCUT2D eigenvalue weighted by molar-refractivity contribution is -0.147. The summed E-state index contributed by atoms with van der Waals surface area (Å²) in [5.41, 5.74) is 0.274. The summed E-state index contributed by atoms with van der Waals surface area (Å²) in [5, 5.41) is 0. The van der Waals surface area contributed by atoms with Crippen molar-refractivity contribution in [2.75, 3.05) is 6.61 Å². The first-order valence-electron chi connectivity index (χ1n) is 6.28. The fourth-order valence-corrected chi connectivity index (χ4v) is 1.91. The second-order valence-corrected chi connectivity index (χ2v) is 4.89. The van der Waals surface area contributed by atoms with Crippen molar-refractivity contribution in [3.63, 3.8) is 0 Å². The number of furan rings is 1. The minimum atomic E-state index is -0.509. The number of allylic oxidation sites excluding steroid dienone is 2. The molecule has 0 radical (unpaired) electrons. The predicted molar refractivity (Wildman–Crippen MR) is 71.4 cm³/mol. The molecule has 1 aliphatic rings. The van der Waals surface area contributed by atoms with Gasteiger partial charge in [0, 0.05) is 6.92 Å². The highest BCUT2D eigenvalue weighted by Crippen LogP contribution is 2.32. The molecule has 2 rings (SSSR count). The number of hydrogen-bond acceptors (Lipinski definition) is 4. The first-order valence-corrected chi connectivity index (χ1v) is 6.28. The molecule has 4 heteroatoms. The van der Waals surface area contributed by atoms with Crippen LogP contribution in [-0.4, -0.2) is 18.4 Å². The Labute approximate surface area is 113 Å². The number of ether oxygens (including phenoxy) is 1. The van der Waals surface area contributed by atoms with Crippen molar-refractivity contribution in [2.45, 2.75) is 33.6 Å². The third-order valence-electron chi connectivity index (χ3n) is 3.07. The Balaban J connectivity index is 0.000000300. The second kappa shape index (κ2) is 6.92. The van der Waals surface area contributed by atoms with E-state index in [1.807, 2.05) is 32.1 Å². The second-order valence-electron chi connectivity index (χ2n) is 4.89. The van der Waals surface area contributed by atoms with Crippen molar-refractivity contribution in [2.24, 2.45) is 5.41 Å². The molecule has 1 atom stereocenters. The lowest BCUT2D eigenvalue weighted by Crippen LogP contribution is -2.36. The first-order chi connectivity index (χ1) is 8.96. The van der Waals surface area contributed by atoms with Crippen LogP contribution < -0.4 is 0 Å². The van der Waals surface area contributed by atoms with E-state index in [1.54, 1.807) is 12.5 Å². The third-order valence-corrected chi connectivity index (χ3v) is 3.07. The molecule has 0 fully saturated rings. The van der Waals surface area contributed by atoms with Crippen LogP contribution in [0.25, 0.3) is 0 Å². The van der Waals surface area contributed by atoms with E-state index in [4.69, 9.17) is 4.74 Å². The summed E-state index contributed by atoms with van der Waals surface area (Å²) in [6.45, 7) is 5.23. The van der Waals surface area contributed by atoms with E-state index in [9.17, 15) is 9.59 Å². The van der Waals surface area contributed by atoms with Gasteiger partial charge in [-0.05, 0) is 44.4 Å². The molecule has 0 saturated carbocycles. The molecule has 0 unspecified atom stereocenters. The molecule has 19 heavy (non-hydrogen) atoms. The van der Waals surface area contributed by atoms with Crippen molar-refractivity contribution >= 4 is 11.8 Å². The highest BCUT2D eigenvalue weighted by atomic mass is 16.5. The molecular formula is C15H20O4. The van der Waals surface area contributed by atoms with Gasteiger partial charge in [-0.2, -0.15) is 0 Å². The molecule has 1 aliphatic carbocycles. The van der Waals surface area contributed by atoms with Crippen LogP contribution in [0, 0.1) is 5.41 Å². The van der Waals surface area contributed by atoms with Gasteiger partial charge in [-0.25, -0.2) is 0 Å². The van der Waals surface area contributed by atoms with E-state index in [0.717, 1.165) is 18.4 Å². The van der Waals surface area contributed by atoms with Crippen LogP contribution in [0.2, 0.25) is 0 Å². The van der Waals surface area contributed by atoms with Crippen LogP contribution in [0.15, 0.2) is 40.7 Å². The summed E-state index contributed by atoms with van der Waals surface area (Å²) in [4.78, 5) is 22.5. The summed E-state index contributed by atoms with van der Waals surface area (Å²) in [6.07, 6.45) is 6.84. The largest absolute Gasteiger partial charge is 0.473 e. The van der Waals surface area contributed by atoms with Gasteiger partial charge in [0.1, 0.15) is 6.61 Å². The highest BCUT2D eigenvalue weighted by molar-refractivity contribution is 6.00. The van der Waals surface area contributed by atoms with Crippen molar-refractivity contribution in [3.05, 3.63) is 36.3 Å². The quantitative estimate of drug-likeness (QED) is 0.770. The van der Waals surface area contributed by atoms with E-state index in [2.05, 4.69) is 4.42 Å². The van der Waals surface area contributed by atoms with Crippen LogP contribution in [0.5, 0.6) is 0 Å². The number of Topliss-reactive ketones (excluding diaryl/α,β-unsaturated/α-hetero) is 1. The van der Waals surface area contributed by atoms with Crippen LogP contribution in [0.3, 0.4) is 0 Å². The van der Waals surface area contributed by atoms with Gasteiger partial charge in [0.25, 0.3) is 0 Å². The van der Waals surface area contributed by atoms with Crippen molar-refractivity contribution in [1.82, 2.24) is 0 Å². The maximum Gasteiger partial charge on any atom is 0.302 e. The molecule has 0 bridgehead atoms. The van der Waals surface area contributed by atoms with Gasteiger partial charge in [-0.1, -0.05) is 6.08 Å². The van der Waals surface area contributed by atoms with Crippen molar-refractivity contribution in [1.29, 1.82) is 0 Å². The number of carbonyl (C=O) groups excluding carboxylic acids is 2. The summed E-state index contributed by atoms with van der Waals surface area (Å²) in [5.74, 6) is -0.226. The summed E-state index contributed by atoms with van der Waals surface area (Å²) in [7, 11) is 0. The molecule has 0 spiro atoms. The summed E-state index contributed by atoms with van der Waals surface area (Å²) < 4.78 is 9.50. The summed E-state index contributed by atoms with van der Waals surface area (Å²) >= 11 is 0. The molecule has 1 aromatic rings. The fraction of sp³-hybridized carbons (Fsp3) is 0.467. The van der Waals surface area contributed by atoms with Crippen molar-refractivity contribution in [3.8, 4) is 0 Å². The third kappa shape index (κ3) is 4.73. The zero-order valence-electron chi connectivity index (χ0n) is 11.6. The Morgan fingerprint density at radius 1 is 1.42 bits per heavy atom. The molecule has 0 saturated heterocycles. The van der Waals surface area contributed by atoms with Crippen LogP contribution in [-0.2, 0) is 14.3 Å². The van der Waals surface area contributed by atoms with Crippen molar-refractivity contribution < 1.29 is 18.7 Å². The molecule has 0 amide bonds. The van der Waals surface area contributed by atoms with Gasteiger partial charge >= 0.3 is 5.97 Å². The molecule has 1 aromatic heterocycles. The smallest absolute Gasteiger partial charge is 0.302 e. The molecule has 4 nitrogen and oxygen atoms in total. The number of hydrogen-bond donors (Lipinski definition) is 0. The fourth-order valence-electron chi connectivity index (χ4n) is 1.91. The van der Waals surface area contributed by atoms with Gasteiger partial charge in [0.2, 0.25) is 0 Å². The molecule has 104 valence electrons. The Kier molecular flexibility index (Phi) is 5.55. The van der Waals surface area contributed by atoms with E-state index in [1.165, 1.54) is 6.92 Å². The number of esters is 1. The Hall–Kier alpha value is -1.84. The average molecular weight is 264 g/mol. The lowest BCUT2D eigenvalue weighted by atomic mass is 9.75. The van der Waals surface area contributed by atoms with Crippen LogP contribution in [0.4, 0.5) is 0 Å². The zero-order valence-corrected chi connectivity index (χ0v) is 11.6. The van der Waals surface area contributed by atoms with E-state index >= 15 is 0 Å². The number of carbonyl (C=O) groups is 2. The Morgan fingerprint density at radius 3 is 2.53 bits per heavy atom. The standard InChI is InChI=1S/C11H16O3.C4H4O/c1-8-5-4-6-11(3,10(8)13)7-14-9(2)12;1-2-4-5-3-1/h5H,4,6-7H2,1-3H3;1-4H/t11-;/m0./s1. The normalized spacial score (nSPS) is 22.1. The molecule has 0 aromatic carbocycles. The Morgan fingerprint density at radius 2 is 2.05 bits per heavy atom. The maximum absolute atomic E-state index is 11.8. The minimum absolute atomic E-state index is 0.102. The van der Waals surface area contributed by atoms with Gasteiger partial charge in [0.15, 0.2) is 5.78 Å². The lowest BCUT2D eigenvalue weighted by Gasteiger charge is -2.30.